The minimum absolute atomic E-state index is 0.0670. The van der Waals surface area contributed by atoms with E-state index in [1.807, 2.05) is 0 Å². The van der Waals surface area contributed by atoms with E-state index in [0.29, 0.717) is 6.07 Å². The Morgan fingerprint density at radius 2 is 1.65 bits per heavy atom. The molecule has 0 saturated carbocycles. The number of non-ortho nitro benzene ring substituents is 1. The van der Waals surface area contributed by atoms with Gasteiger partial charge in [-0.05, 0) is 12.5 Å². The van der Waals surface area contributed by atoms with Gasteiger partial charge < -0.3 is 0 Å². The SMILES string of the molecule is Cc1cc([N+](=O)[O-])cc([N+](=O)[O-])c1O[N+](=O)[O-]. The molecule has 1 rings (SSSR count). The minimum atomic E-state index is -1.22. The van der Waals surface area contributed by atoms with E-state index in [0.717, 1.165) is 6.07 Å². The van der Waals surface area contributed by atoms with E-state index >= 15 is 0 Å². The monoisotopic (exact) mass is 243 g/mol. The number of benzene rings is 1. The van der Waals surface area contributed by atoms with Crippen LogP contribution in [0.4, 0.5) is 11.4 Å². The van der Waals surface area contributed by atoms with Gasteiger partial charge in [-0.2, -0.15) is 0 Å². The number of hydrogen-bond donors (Lipinski definition) is 0. The van der Waals surface area contributed by atoms with Crippen LogP contribution >= 0.6 is 0 Å². The van der Waals surface area contributed by atoms with Gasteiger partial charge in [-0.3, -0.25) is 25.1 Å². The highest BCUT2D eigenvalue weighted by Crippen LogP contribution is 2.34. The highest BCUT2D eigenvalue weighted by Gasteiger charge is 2.24. The maximum atomic E-state index is 10.6. The normalized spacial score (nSPS) is 9.71. The Kier molecular flexibility index (Phi) is 3.17. The fraction of sp³-hybridized carbons (Fsp3) is 0.143. The molecular weight excluding hydrogens is 238 g/mol. The van der Waals surface area contributed by atoms with E-state index in [-0.39, 0.29) is 5.56 Å². The zero-order valence-electron chi connectivity index (χ0n) is 8.35. The summed E-state index contributed by atoms with van der Waals surface area (Å²) in [6.07, 6.45) is 0. The zero-order chi connectivity index (χ0) is 13.2. The first-order chi connectivity index (χ1) is 7.82. The summed E-state index contributed by atoms with van der Waals surface area (Å²) >= 11 is 0. The van der Waals surface area contributed by atoms with Crippen molar-refractivity contribution in [2.24, 2.45) is 0 Å². The first-order valence-corrected chi connectivity index (χ1v) is 4.08. The van der Waals surface area contributed by atoms with Crippen molar-refractivity contribution in [3.8, 4) is 5.75 Å². The lowest BCUT2D eigenvalue weighted by Crippen LogP contribution is -2.07. The van der Waals surface area contributed by atoms with Gasteiger partial charge in [0.05, 0.1) is 15.9 Å². The summed E-state index contributed by atoms with van der Waals surface area (Å²) in [4.78, 5) is 33.4. The van der Waals surface area contributed by atoms with E-state index in [1.54, 1.807) is 0 Å². The van der Waals surface area contributed by atoms with Crippen molar-refractivity contribution in [1.82, 2.24) is 0 Å². The van der Waals surface area contributed by atoms with Gasteiger partial charge in [-0.15, -0.1) is 10.1 Å². The number of nitro benzene ring substituents is 2. The lowest BCUT2D eigenvalue weighted by Gasteiger charge is -2.03. The molecule has 0 unspecified atom stereocenters. The number of hydrogen-bond acceptors (Lipinski definition) is 7. The second-order valence-electron chi connectivity index (χ2n) is 2.94. The van der Waals surface area contributed by atoms with Crippen molar-refractivity contribution in [3.05, 3.63) is 48.0 Å². The molecular formula is C7H5N3O7. The lowest BCUT2D eigenvalue weighted by atomic mass is 10.1. The highest BCUT2D eigenvalue weighted by atomic mass is 17.0. The van der Waals surface area contributed by atoms with Gasteiger partial charge in [0.2, 0.25) is 5.75 Å². The average Bonchev–Trinajstić information content (AvgIpc) is 2.19. The van der Waals surface area contributed by atoms with Gasteiger partial charge in [0.15, 0.2) is 0 Å². The van der Waals surface area contributed by atoms with E-state index in [9.17, 15) is 30.3 Å². The summed E-state index contributed by atoms with van der Waals surface area (Å²) in [6, 6.07) is 1.55. The second kappa shape index (κ2) is 4.38. The Balaban J connectivity index is 3.43. The van der Waals surface area contributed by atoms with E-state index < -0.39 is 32.1 Å². The number of nitro groups is 2. The molecule has 0 atom stereocenters. The summed E-state index contributed by atoms with van der Waals surface area (Å²) in [7, 11) is 0. The molecule has 0 amide bonds. The quantitative estimate of drug-likeness (QED) is 0.574. The summed E-state index contributed by atoms with van der Waals surface area (Å²) in [5.74, 6) is -0.620. The Morgan fingerprint density at radius 3 is 2.06 bits per heavy atom. The lowest BCUT2D eigenvalue weighted by molar-refractivity contribution is -0.712. The van der Waals surface area contributed by atoms with Crippen molar-refractivity contribution in [3.63, 3.8) is 0 Å². The first kappa shape index (κ1) is 12.3. The van der Waals surface area contributed by atoms with Crippen LogP contribution in [0, 0.1) is 37.3 Å². The topological polar surface area (TPSA) is 139 Å². The predicted octanol–water partition coefficient (Wildman–Crippen LogP) is 1.38. The largest absolute Gasteiger partial charge is 0.306 e. The highest BCUT2D eigenvalue weighted by molar-refractivity contribution is 5.57. The van der Waals surface area contributed by atoms with Gasteiger partial charge in [0.25, 0.3) is 10.8 Å². The van der Waals surface area contributed by atoms with Gasteiger partial charge in [-0.1, -0.05) is 0 Å². The number of nitrogens with zero attached hydrogens (tertiary/aromatic N) is 3. The standard InChI is InChI=1S/C7H5N3O7/c1-4-2-5(8(11)12)3-6(9(13)14)7(4)17-10(15)16/h2-3H,1H3. The van der Waals surface area contributed by atoms with Crippen molar-refractivity contribution in [1.29, 1.82) is 0 Å². The Morgan fingerprint density at radius 1 is 1.06 bits per heavy atom. The molecule has 17 heavy (non-hydrogen) atoms. The third kappa shape index (κ3) is 2.62. The smallest absolute Gasteiger partial charge is 0.269 e. The second-order valence-corrected chi connectivity index (χ2v) is 2.94. The first-order valence-electron chi connectivity index (χ1n) is 4.08. The molecule has 0 aliphatic rings. The summed E-state index contributed by atoms with van der Waals surface area (Å²) < 4.78 is 0. The fourth-order valence-corrected chi connectivity index (χ4v) is 1.17. The molecule has 0 N–H and O–H groups in total. The molecule has 0 heterocycles. The molecule has 0 bridgehead atoms. The third-order valence-corrected chi connectivity index (χ3v) is 1.81. The van der Waals surface area contributed by atoms with Crippen LogP contribution in [0.5, 0.6) is 5.75 Å². The Bertz CT molecular complexity index is 512. The number of aryl methyl sites for hydroxylation is 1. The molecule has 90 valence electrons. The molecule has 0 saturated heterocycles. The molecule has 1 aromatic rings. The molecule has 0 aliphatic heterocycles. The summed E-state index contributed by atoms with van der Waals surface area (Å²) in [5, 5.41) is 30.0. The van der Waals surface area contributed by atoms with Gasteiger partial charge in [-0.25, -0.2) is 0 Å². The summed E-state index contributed by atoms with van der Waals surface area (Å²) in [6.45, 7) is 1.23. The molecule has 0 radical (unpaired) electrons. The minimum Gasteiger partial charge on any atom is -0.269 e. The average molecular weight is 243 g/mol. The van der Waals surface area contributed by atoms with Crippen molar-refractivity contribution < 1.29 is 19.8 Å². The van der Waals surface area contributed by atoms with Crippen LogP contribution in [-0.4, -0.2) is 14.9 Å². The fourth-order valence-electron chi connectivity index (χ4n) is 1.17. The zero-order valence-corrected chi connectivity index (χ0v) is 8.35. The van der Waals surface area contributed by atoms with Crippen LogP contribution < -0.4 is 4.84 Å². The van der Waals surface area contributed by atoms with Crippen LogP contribution in [0.3, 0.4) is 0 Å². The van der Waals surface area contributed by atoms with Crippen LogP contribution in [0.25, 0.3) is 0 Å². The molecule has 10 heteroatoms. The summed E-state index contributed by atoms with van der Waals surface area (Å²) in [5.41, 5.74) is -1.43. The van der Waals surface area contributed by atoms with Gasteiger partial charge in [0.1, 0.15) is 0 Å². The molecule has 0 fully saturated rings. The van der Waals surface area contributed by atoms with Crippen LogP contribution in [-0.2, 0) is 0 Å². The maximum Gasteiger partial charge on any atom is 0.306 e. The van der Waals surface area contributed by atoms with Gasteiger partial charge >= 0.3 is 5.69 Å². The van der Waals surface area contributed by atoms with E-state index in [2.05, 4.69) is 4.84 Å². The van der Waals surface area contributed by atoms with Crippen molar-refractivity contribution >= 4 is 11.4 Å². The molecule has 1 aromatic carbocycles. The third-order valence-electron chi connectivity index (χ3n) is 1.81. The van der Waals surface area contributed by atoms with Crippen LogP contribution in [0.15, 0.2) is 12.1 Å². The van der Waals surface area contributed by atoms with Crippen molar-refractivity contribution in [2.75, 3.05) is 0 Å². The number of rotatable bonds is 4. The van der Waals surface area contributed by atoms with Crippen LogP contribution in [0.2, 0.25) is 0 Å². The molecule has 10 nitrogen and oxygen atoms in total. The molecule has 0 aromatic heterocycles. The molecule has 0 spiro atoms. The Labute approximate surface area is 92.8 Å². The Hall–Kier alpha value is -2.78. The van der Waals surface area contributed by atoms with Crippen molar-refractivity contribution in [2.45, 2.75) is 6.92 Å². The maximum absolute atomic E-state index is 10.6. The predicted molar refractivity (Wildman–Crippen MR) is 52.1 cm³/mol. The van der Waals surface area contributed by atoms with Gasteiger partial charge in [0, 0.05) is 6.07 Å². The van der Waals surface area contributed by atoms with Crippen LogP contribution in [0.1, 0.15) is 5.56 Å². The van der Waals surface area contributed by atoms with E-state index in [4.69, 9.17) is 0 Å². The molecule has 0 aliphatic carbocycles. The van der Waals surface area contributed by atoms with E-state index in [1.165, 1.54) is 6.92 Å².